The molecule has 22 heteroatoms. The van der Waals surface area contributed by atoms with E-state index in [0.717, 1.165) is 45.2 Å². The Balaban J connectivity index is 1.01. The lowest BCUT2D eigenvalue weighted by Crippen LogP contribution is -2.65. The molecule has 1 heterocycles. The number of primary amides is 2. The van der Waals surface area contributed by atoms with Gasteiger partial charge in [0.1, 0.15) is 39.9 Å². The number of carbonyl (C=O) groups excluding carboxylic acids is 6. The third kappa shape index (κ3) is 8.38. The Morgan fingerprint density at radius 2 is 1.15 bits per heavy atom. The molecular formula is C62H78N8O14. The number of anilines is 2. The smallest absolute Gasteiger partial charge is 0.255 e. The fourth-order valence-corrected chi connectivity index (χ4v) is 16.7. The van der Waals surface area contributed by atoms with Gasteiger partial charge in [-0.2, -0.15) is 0 Å². The summed E-state index contributed by atoms with van der Waals surface area (Å²) in [6.45, 7) is 2.64. The van der Waals surface area contributed by atoms with E-state index in [1.807, 2.05) is 25.1 Å². The van der Waals surface area contributed by atoms with E-state index in [4.69, 9.17) is 16.3 Å². The summed E-state index contributed by atoms with van der Waals surface area (Å²) in [4.78, 5) is 98.0. The van der Waals surface area contributed by atoms with E-state index < -0.39 is 116 Å². The zero-order valence-electron chi connectivity index (χ0n) is 48.8. The van der Waals surface area contributed by atoms with Crippen molar-refractivity contribution >= 4 is 57.8 Å². The Labute approximate surface area is 487 Å². The summed E-state index contributed by atoms with van der Waals surface area (Å²) in [5.74, 6) is -14.4. The highest BCUT2D eigenvalue weighted by atomic mass is 16.7. The second-order valence-corrected chi connectivity index (χ2v) is 27.0. The average molecular weight is 1160 g/mol. The van der Waals surface area contributed by atoms with Crippen molar-refractivity contribution in [2.24, 2.45) is 51.9 Å². The number of hydrogen-bond acceptors (Lipinski definition) is 20. The minimum Gasteiger partial charge on any atom is -0.508 e. The Morgan fingerprint density at radius 3 is 1.61 bits per heavy atom. The molecule has 9 aliphatic carbocycles. The van der Waals surface area contributed by atoms with Gasteiger partial charge in [0.2, 0.25) is 11.6 Å². The van der Waals surface area contributed by atoms with Gasteiger partial charge in [0, 0.05) is 87.1 Å². The number of carbonyl (C=O) groups is 6. The lowest BCUT2D eigenvalue weighted by atomic mass is 9.57. The molecule has 450 valence electrons. The van der Waals surface area contributed by atoms with Crippen LogP contribution in [0.4, 0.5) is 11.4 Å². The van der Waals surface area contributed by atoms with Crippen LogP contribution in [0.15, 0.2) is 45.9 Å². The van der Waals surface area contributed by atoms with E-state index in [1.165, 1.54) is 54.6 Å². The van der Waals surface area contributed by atoms with Crippen LogP contribution in [-0.4, -0.2) is 178 Å². The van der Waals surface area contributed by atoms with Crippen LogP contribution in [0.25, 0.3) is 11.5 Å². The molecule has 0 unspecified atom stereocenters. The summed E-state index contributed by atoms with van der Waals surface area (Å²) in [7, 11) is 11.5. The average Bonchev–Trinajstić information content (AvgIpc) is 0.991. The van der Waals surface area contributed by atoms with Gasteiger partial charge in [0.05, 0.1) is 28.9 Å². The van der Waals surface area contributed by atoms with E-state index in [2.05, 4.69) is 10.2 Å². The van der Waals surface area contributed by atoms with Crippen LogP contribution < -0.4 is 31.6 Å². The van der Waals surface area contributed by atoms with Gasteiger partial charge in [-0.25, -0.2) is 5.06 Å². The molecule has 12 rings (SSSR count). The van der Waals surface area contributed by atoms with Gasteiger partial charge in [-0.3, -0.25) is 43.5 Å². The van der Waals surface area contributed by atoms with Crippen LogP contribution in [0.2, 0.25) is 0 Å². The van der Waals surface area contributed by atoms with Crippen molar-refractivity contribution in [1.82, 2.24) is 20.0 Å². The van der Waals surface area contributed by atoms with Crippen molar-refractivity contribution in [2.45, 2.75) is 120 Å². The number of aliphatic hydroxyl groups is 6. The number of fused-ring (bicyclic) bond motifs is 6. The number of nitrogens with zero attached hydrogens (tertiary/aromatic N) is 5. The molecule has 2 aromatic rings. The number of benzene rings is 2. The maximum absolute atomic E-state index is 15.3. The Bertz CT molecular complexity index is 3410. The quantitative estimate of drug-likeness (QED) is 0.0960. The number of hydrogen-bond donors (Lipinski definition) is 10. The van der Waals surface area contributed by atoms with Crippen LogP contribution in [0.5, 0.6) is 11.5 Å². The topological polar surface area (TPSA) is 334 Å². The van der Waals surface area contributed by atoms with Gasteiger partial charge in [0.15, 0.2) is 28.5 Å². The molecule has 2 amide bonds. The number of Topliss-reactive ketones (excluding diaryl/α,β-unsaturated/α-hetero) is 4. The number of phenolic OH excluding ortho intramolecular Hbond substituents is 1. The van der Waals surface area contributed by atoms with Gasteiger partial charge in [-0.05, 0) is 164 Å². The number of nitrogens with two attached hydrogens (primary N) is 2. The molecule has 2 spiro atoms. The summed E-state index contributed by atoms with van der Waals surface area (Å²) in [6, 6.07) is 1.15. The molecule has 0 aromatic heterocycles. The van der Waals surface area contributed by atoms with E-state index >= 15 is 9.59 Å². The minimum atomic E-state index is -2.86. The van der Waals surface area contributed by atoms with Crippen LogP contribution in [-0.2, 0) is 54.7 Å². The molecule has 8 atom stereocenters. The number of phenols is 1. The maximum Gasteiger partial charge on any atom is 0.255 e. The summed E-state index contributed by atoms with van der Waals surface area (Å²) in [5.41, 5.74) is 6.63. The number of ketones is 4. The maximum atomic E-state index is 15.3. The number of likely N-dealkylation sites (N-methyl/N-ethyl adjacent to an activating group) is 2. The highest BCUT2D eigenvalue weighted by Crippen LogP contribution is 2.59. The van der Waals surface area contributed by atoms with E-state index in [-0.39, 0.29) is 78.0 Å². The number of likely N-dealkylation sites (tertiary alicyclic amines) is 1. The first kappa shape index (κ1) is 57.6. The Kier molecular flexibility index (Phi) is 13.6. The summed E-state index contributed by atoms with van der Waals surface area (Å²) < 4.78 is 0. The molecule has 6 fully saturated rings. The van der Waals surface area contributed by atoms with E-state index in [0.29, 0.717) is 51.5 Å². The van der Waals surface area contributed by atoms with Crippen molar-refractivity contribution < 1.29 is 69.4 Å². The van der Waals surface area contributed by atoms with Gasteiger partial charge in [-0.1, -0.05) is 6.42 Å². The number of rotatable bonds is 14. The van der Waals surface area contributed by atoms with Crippen LogP contribution in [0, 0.1) is 40.4 Å². The standard InChI is InChI=1S/C62H78N8O14/c1-66(2)37-21-31(24-65-23-28-9-13-59(14-10-28)15-16-59)52(42-33(37)17-29-19-35-45(67(3)4)51(75)44(58(64)81)56(79)62(35,83)54(77)40(29)49(42)73)84-69(7)38-22-32(25-70-26-60(27-70)11-8-12-60)47(71)41-34(38)18-30-20-36-46(68(5)6)50(74)43(57(63)80)55(78)61(36,82)53(76)39(30)48(41)72/h21-22,28-30,35-36,45-46,65,71-73,78-79,82-83H,8-20,23-27H2,1-7H3,(H2,63,80)(H2,64,81)/t29-,30-,35-,36-,45-,46-,61-,62-/m0/s1. The summed E-state index contributed by atoms with van der Waals surface area (Å²) >= 11 is 0. The molecule has 2 aromatic carbocycles. The zero-order valence-corrected chi connectivity index (χ0v) is 48.8. The van der Waals surface area contributed by atoms with Gasteiger partial charge in [0.25, 0.3) is 11.8 Å². The molecule has 12 N–H and O–H groups in total. The largest absolute Gasteiger partial charge is 0.508 e. The second kappa shape index (κ2) is 19.9. The minimum absolute atomic E-state index is 0.0705. The second-order valence-electron chi connectivity index (χ2n) is 27.0. The van der Waals surface area contributed by atoms with Crippen LogP contribution in [0.3, 0.4) is 0 Å². The molecule has 10 aliphatic rings. The van der Waals surface area contributed by atoms with E-state index in [1.54, 1.807) is 27.2 Å². The third-order valence-electron chi connectivity index (χ3n) is 21.4. The van der Waals surface area contributed by atoms with Crippen molar-refractivity contribution in [2.75, 3.05) is 78.9 Å². The highest BCUT2D eigenvalue weighted by molar-refractivity contribution is 6.25. The molecule has 22 nitrogen and oxygen atoms in total. The fraction of sp³-hybridized carbons (Fsp3) is 0.581. The molecule has 5 saturated carbocycles. The summed E-state index contributed by atoms with van der Waals surface area (Å²) in [5, 5.41) is 91.7. The molecule has 84 heavy (non-hydrogen) atoms. The lowest BCUT2D eigenvalue weighted by molar-refractivity contribution is -0.155. The number of amides is 2. The molecular weight excluding hydrogens is 1080 g/mol. The highest BCUT2D eigenvalue weighted by Gasteiger charge is 2.66. The van der Waals surface area contributed by atoms with Gasteiger partial charge in [-0.15, -0.1) is 0 Å². The lowest BCUT2D eigenvalue weighted by Gasteiger charge is -2.56. The summed E-state index contributed by atoms with van der Waals surface area (Å²) in [6.07, 6.45) is 10.1. The third-order valence-corrected chi connectivity index (χ3v) is 21.4. The number of aromatic hydroxyl groups is 1. The molecule has 1 saturated heterocycles. The first-order chi connectivity index (χ1) is 39.6. The van der Waals surface area contributed by atoms with Crippen molar-refractivity contribution in [1.29, 1.82) is 0 Å². The van der Waals surface area contributed by atoms with E-state index in [9.17, 15) is 54.9 Å². The fourth-order valence-electron chi connectivity index (χ4n) is 16.7. The molecule has 0 bridgehead atoms. The number of nitrogens with one attached hydrogen (secondary N) is 1. The van der Waals surface area contributed by atoms with Crippen molar-refractivity contribution in [3.8, 4) is 11.5 Å². The normalized spacial score (nSPS) is 30.4. The van der Waals surface area contributed by atoms with Crippen molar-refractivity contribution in [3.63, 3.8) is 0 Å². The first-order valence-corrected chi connectivity index (χ1v) is 29.5. The Morgan fingerprint density at radius 1 is 0.667 bits per heavy atom. The first-order valence-electron chi connectivity index (χ1n) is 29.5. The Hall–Kier alpha value is -6.82. The molecule has 0 radical (unpaired) electrons. The van der Waals surface area contributed by atoms with Gasteiger partial charge < -0.3 is 62.3 Å². The number of hydroxylamine groups is 1. The van der Waals surface area contributed by atoms with Crippen LogP contribution in [0.1, 0.15) is 104 Å². The predicted octanol–water partition coefficient (Wildman–Crippen LogP) is 3.08. The predicted molar refractivity (Wildman–Crippen MR) is 307 cm³/mol. The zero-order chi connectivity index (χ0) is 60.3. The van der Waals surface area contributed by atoms with Crippen molar-refractivity contribution in [3.05, 3.63) is 79.3 Å². The van der Waals surface area contributed by atoms with Gasteiger partial charge >= 0.3 is 0 Å². The SMILES string of the molecule is CN(C)c1cc(CNCC2CCC3(CC2)CC3)c(ON(C)c2cc(CN3CC4(CCC4)C3)c(O)c3c2C[C@H]2C[C@H]4[C@H](N(C)C)C(=O)C(C(N)=O)=C(O)[C@@]4(O)C(=O)C2=C3O)c2c1C[C@H]1C[C@H]3[C@H](N(C)C)C(=O)C(C(N)=O)=C(O)[C@@]3(O)C(=O)C1=C2O. The van der Waals surface area contributed by atoms with Crippen LogP contribution >= 0.6 is 0 Å². The number of aliphatic hydroxyl groups excluding tert-OH is 4. The monoisotopic (exact) mass is 1160 g/mol. The molecule has 1 aliphatic heterocycles.